The van der Waals surface area contributed by atoms with Gasteiger partial charge in [0.25, 0.3) is 0 Å². The Labute approximate surface area is 216 Å². The number of carbonyl (C=O) groups excluding carboxylic acids is 1. The van der Waals surface area contributed by atoms with Gasteiger partial charge in [-0.15, -0.1) is 0 Å². The Morgan fingerprint density at radius 1 is 0.973 bits per heavy atom. The van der Waals surface area contributed by atoms with E-state index in [1.807, 2.05) is 23.1 Å². The van der Waals surface area contributed by atoms with Gasteiger partial charge < -0.3 is 38.8 Å². The second-order valence-corrected chi connectivity index (χ2v) is 10.1. The highest BCUT2D eigenvalue weighted by atomic mass is 16.7. The standard InChI is InChI=1S/C28H35NO8/c1-15-5-7-29(8-6-15)28(32)25-19(13-30)26(31)18-12-21-20(36-14-37-21)11-17(18)24(25)16-9-22(33-2)27(35-4)23(10-16)34-3/h9-12,15,19,24-26,30-31H,5-8,13-14H2,1-4H3/t19-,24+,25-,26-/m0/s1. The van der Waals surface area contributed by atoms with Crippen LogP contribution in [-0.4, -0.2) is 68.8 Å². The van der Waals surface area contributed by atoms with Crippen LogP contribution in [0.5, 0.6) is 28.7 Å². The van der Waals surface area contributed by atoms with E-state index in [1.54, 1.807) is 27.4 Å². The third-order valence-corrected chi connectivity index (χ3v) is 8.10. The van der Waals surface area contributed by atoms with Gasteiger partial charge in [-0.2, -0.15) is 0 Å². The van der Waals surface area contributed by atoms with E-state index in [9.17, 15) is 15.0 Å². The number of nitrogens with zero attached hydrogens (tertiary/aromatic N) is 1. The molecule has 1 fully saturated rings. The summed E-state index contributed by atoms with van der Waals surface area (Å²) in [5, 5.41) is 22.0. The molecule has 0 saturated carbocycles. The average molecular weight is 514 g/mol. The van der Waals surface area contributed by atoms with Crippen molar-refractivity contribution in [3.05, 3.63) is 41.0 Å². The fourth-order valence-electron chi connectivity index (χ4n) is 6.01. The van der Waals surface area contributed by atoms with Crippen LogP contribution in [0.4, 0.5) is 0 Å². The number of aliphatic hydroxyl groups is 2. The number of fused-ring (bicyclic) bond motifs is 2. The molecule has 2 aromatic carbocycles. The minimum Gasteiger partial charge on any atom is -0.493 e. The number of amides is 1. The molecule has 37 heavy (non-hydrogen) atoms. The predicted octanol–water partition coefficient (Wildman–Crippen LogP) is 3.10. The van der Waals surface area contributed by atoms with Crippen LogP contribution in [0, 0.1) is 17.8 Å². The molecule has 2 aromatic rings. The second kappa shape index (κ2) is 10.3. The summed E-state index contributed by atoms with van der Waals surface area (Å²) in [7, 11) is 4.63. The predicted molar refractivity (Wildman–Crippen MR) is 135 cm³/mol. The SMILES string of the molecule is COc1cc([C@@H]2c3cc4c(cc3[C@H](O)[C@@H](CO)[C@@H]2C(=O)N2CCC(C)CC2)OCO4)cc(OC)c1OC. The zero-order valence-corrected chi connectivity index (χ0v) is 21.7. The summed E-state index contributed by atoms with van der Waals surface area (Å²) in [5.41, 5.74) is 2.11. The number of piperidine rings is 1. The Kier molecular flexibility index (Phi) is 7.09. The van der Waals surface area contributed by atoms with Crippen molar-refractivity contribution >= 4 is 5.91 Å². The topological polar surface area (TPSA) is 107 Å². The van der Waals surface area contributed by atoms with Gasteiger partial charge in [0.1, 0.15) is 0 Å². The van der Waals surface area contributed by atoms with Crippen LogP contribution < -0.4 is 23.7 Å². The number of ether oxygens (including phenoxy) is 5. The molecule has 1 saturated heterocycles. The molecule has 0 bridgehead atoms. The number of carbonyl (C=O) groups is 1. The van der Waals surface area contributed by atoms with Crippen LogP contribution in [0.2, 0.25) is 0 Å². The third kappa shape index (κ3) is 4.34. The summed E-state index contributed by atoms with van der Waals surface area (Å²) >= 11 is 0. The molecule has 9 nitrogen and oxygen atoms in total. The largest absolute Gasteiger partial charge is 0.493 e. The maximum Gasteiger partial charge on any atom is 0.231 e. The van der Waals surface area contributed by atoms with E-state index < -0.39 is 23.9 Å². The molecule has 3 aliphatic rings. The summed E-state index contributed by atoms with van der Waals surface area (Å²) in [6.07, 6.45) is 0.801. The Morgan fingerprint density at radius 2 is 1.57 bits per heavy atom. The fourth-order valence-corrected chi connectivity index (χ4v) is 6.01. The number of benzene rings is 2. The smallest absolute Gasteiger partial charge is 0.231 e. The van der Waals surface area contributed by atoms with E-state index in [-0.39, 0.29) is 19.3 Å². The first kappa shape index (κ1) is 25.5. The summed E-state index contributed by atoms with van der Waals surface area (Å²) in [5.74, 6) is 0.998. The highest BCUT2D eigenvalue weighted by molar-refractivity contribution is 5.82. The van der Waals surface area contributed by atoms with Crippen LogP contribution in [0.1, 0.15) is 48.5 Å². The van der Waals surface area contributed by atoms with Crippen molar-refractivity contribution in [1.29, 1.82) is 0 Å². The van der Waals surface area contributed by atoms with Crippen LogP contribution in [0.3, 0.4) is 0 Å². The maximum atomic E-state index is 14.2. The normalized spacial score (nSPS) is 25.0. The minimum absolute atomic E-state index is 0.0768. The van der Waals surface area contributed by atoms with Crippen molar-refractivity contribution in [3.63, 3.8) is 0 Å². The maximum absolute atomic E-state index is 14.2. The molecule has 0 spiro atoms. The summed E-state index contributed by atoms with van der Waals surface area (Å²) in [6.45, 7) is 3.24. The van der Waals surface area contributed by atoms with Gasteiger partial charge in [-0.3, -0.25) is 4.79 Å². The molecule has 200 valence electrons. The van der Waals surface area contributed by atoms with Crippen LogP contribution in [0.25, 0.3) is 0 Å². The van der Waals surface area contributed by atoms with Gasteiger partial charge in [-0.05, 0) is 59.7 Å². The average Bonchev–Trinajstić information content (AvgIpc) is 3.38. The van der Waals surface area contributed by atoms with Gasteiger partial charge in [-0.1, -0.05) is 6.92 Å². The molecule has 2 aliphatic heterocycles. The molecule has 1 amide bonds. The fraction of sp³-hybridized carbons (Fsp3) is 0.536. The zero-order valence-electron chi connectivity index (χ0n) is 21.7. The van der Waals surface area contributed by atoms with Crippen LogP contribution >= 0.6 is 0 Å². The summed E-state index contributed by atoms with van der Waals surface area (Å²) in [6, 6.07) is 7.29. The summed E-state index contributed by atoms with van der Waals surface area (Å²) in [4.78, 5) is 16.1. The lowest BCUT2D eigenvalue weighted by Gasteiger charge is -2.44. The van der Waals surface area contributed by atoms with E-state index in [4.69, 9.17) is 23.7 Å². The van der Waals surface area contributed by atoms with E-state index in [2.05, 4.69) is 6.92 Å². The highest BCUT2D eigenvalue weighted by Crippen LogP contribution is 2.54. The number of methoxy groups -OCH3 is 3. The first-order valence-electron chi connectivity index (χ1n) is 12.7. The molecule has 1 aliphatic carbocycles. The molecule has 9 heteroatoms. The van der Waals surface area contributed by atoms with Crippen molar-refractivity contribution in [3.8, 4) is 28.7 Å². The van der Waals surface area contributed by atoms with Crippen molar-refractivity contribution in [2.24, 2.45) is 17.8 Å². The number of aliphatic hydroxyl groups excluding tert-OH is 2. The minimum atomic E-state index is -1.05. The first-order valence-corrected chi connectivity index (χ1v) is 12.7. The van der Waals surface area contributed by atoms with E-state index >= 15 is 0 Å². The van der Waals surface area contributed by atoms with Gasteiger partial charge >= 0.3 is 0 Å². The van der Waals surface area contributed by atoms with Crippen molar-refractivity contribution < 1.29 is 38.7 Å². The molecule has 0 aromatic heterocycles. The molecule has 5 rings (SSSR count). The molecule has 0 radical (unpaired) electrons. The van der Waals surface area contributed by atoms with Crippen molar-refractivity contribution in [2.75, 3.05) is 47.8 Å². The Balaban J connectivity index is 1.71. The second-order valence-electron chi connectivity index (χ2n) is 10.1. The van der Waals surface area contributed by atoms with E-state index in [0.717, 1.165) is 24.0 Å². The molecule has 2 heterocycles. The lowest BCUT2D eigenvalue weighted by Crippen LogP contribution is -2.49. The molecule has 4 atom stereocenters. The van der Waals surface area contributed by atoms with Gasteiger partial charge in [-0.25, -0.2) is 0 Å². The van der Waals surface area contributed by atoms with Crippen LogP contribution in [0.15, 0.2) is 24.3 Å². The van der Waals surface area contributed by atoms with E-state index in [0.29, 0.717) is 53.3 Å². The molecule has 2 N–H and O–H groups in total. The van der Waals surface area contributed by atoms with Crippen molar-refractivity contribution in [2.45, 2.75) is 31.8 Å². The lowest BCUT2D eigenvalue weighted by atomic mass is 9.64. The quantitative estimate of drug-likeness (QED) is 0.607. The Morgan fingerprint density at radius 3 is 2.11 bits per heavy atom. The number of likely N-dealkylation sites (tertiary alicyclic amines) is 1. The van der Waals surface area contributed by atoms with Gasteiger partial charge in [0.05, 0.1) is 33.4 Å². The van der Waals surface area contributed by atoms with Crippen molar-refractivity contribution in [1.82, 2.24) is 4.90 Å². The van der Waals surface area contributed by atoms with Gasteiger partial charge in [0.2, 0.25) is 18.4 Å². The Bertz CT molecular complexity index is 1130. The van der Waals surface area contributed by atoms with E-state index in [1.165, 1.54) is 0 Å². The first-order chi connectivity index (χ1) is 17.9. The monoisotopic (exact) mass is 513 g/mol. The van der Waals surface area contributed by atoms with Gasteiger partial charge in [0, 0.05) is 31.5 Å². The lowest BCUT2D eigenvalue weighted by molar-refractivity contribution is -0.143. The van der Waals surface area contributed by atoms with Crippen LogP contribution in [-0.2, 0) is 4.79 Å². The van der Waals surface area contributed by atoms with Gasteiger partial charge in [0.15, 0.2) is 23.0 Å². The third-order valence-electron chi connectivity index (χ3n) is 8.10. The number of rotatable bonds is 6. The molecule has 0 unspecified atom stereocenters. The number of hydrogen-bond acceptors (Lipinski definition) is 8. The highest BCUT2D eigenvalue weighted by Gasteiger charge is 2.49. The molecular formula is C28H35NO8. The summed E-state index contributed by atoms with van der Waals surface area (Å²) < 4.78 is 28.0. The zero-order chi connectivity index (χ0) is 26.3. The molecular weight excluding hydrogens is 478 g/mol. The number of hydrogen-bond donors (Lipinski definition) is 2. The Hall–Kier alpha value is -3.17.